The molecule has 0 saturated heterocycles. The van der Waals surface area contributed by atoms with Crippen molar-refractivity contribution in [1.82, 2.24) is 9.78 Å². The van der Waals surface area contributed by atoms with Crippen LogP contribution in [0.2, 0.25) is 0 Å². The van der Waals surface area contributed by atoms with E-state index in [4.69, 9.17) is 5.10 Å². The zero-order valence-electron chi connectivity index (χ0n) is 10.6. The minimum Gasteiger partial charge on any atom is -0.369 e. The number of hydrogen-bond acceptors (Lipinski definition) is 3. The zero-order chi connectivity index (χ0) is 13.5. The molecule has 3 nitrogen and oxygen atoms in total. The Morgan fingerprint density at radius 1 is 1.30 bits per heavy atom. The minimum absolute atomic E-state index is 0.984. The summed E-state index contributed by atoms with van der Waals surface area (Å²) < 4.78 is 3.08. The number of benzene rings is 1. The molecule has 1 aromatic carbocycles. The Hall–Kier alpha value is -1.59. The summed E-state index contributed by atoms with van der Waals surface area (Å²) in [5.74, 6) is 1.13. The van der Waals surface area contributed by atoms with Crippen LogP contribution in [0.1, 0.15) is 5.56 Å². The van der Waals surface area contributed by atoms with E-state index in [2.05, 4.69) is 50.2 Å². The number of anilines is 1. The van der Waals surface area contributed by atoms with Crippen molar-refractivity contribution in [2.45, 2.75) is 6.42 Å². The van der Waals surface area contributed by atoms with Gasteiger partial charge in [-0.05, 0) is 36.1 Å². The van der Waals surface area contributed by atoms with E-state index in [1.165, 1.54) is 11.1 Å². The first-order valence-electron chi connectivity index (χ1n) is 6.47. The number of thiophene rings is 1. The van der Waals surface area contributed by atoms with E-state index in [0.29, 0.717) is 0 Å². The summed E-state index contributed by atoms with van der Waals surface area (Å²) in [5, 5.41) is 12.5. The molecule has 0 bridgehead atoms. The quantitative estimate of drug-likeness (QED) is 0.748. The first-order valence-corrected chi connectivity index (χ1v) is 8.21. The summed E-state index contributed by atoms with van der Waals surface area (Å²) in [5.41, 5.74) is 4.71. The van der Waals surface area contributed by atoms with Gasteiger partial charge in [0, 0.05) is 27.5 Å². The lowest BCUT2D eigenvalue weighted by Crippen LogP contribution is -2.04. The highest BCUT2D eigenvalue weighted by molar-refractivity contribution is 9.10. The predicted molar refractivity (Wildman–Crippen MR) is 86.8 cm³/mol. The second-order valence-corrected chi connectivity index (χ2v) is 6.45. The van der Waals surface area contributed by atoms with Crippen LogP contribution in [-0.4, -0.2) is 16.3 Å². The first kappa shape index (κ1) is 12.2. The fourth-order valence-corrected chi connectivity index (χ4v) is 3.63. The summed E-state index contributed by atoms with van der Waals surface area (Å²) in [7, 11) is 0. The van der Waals surface area contributed by atoms with Crippen LogP contribution in [0.5, 0.6) is 0 Å². The van der Waals surface area contributed by atoms with Crippen LogP contribution in [-0.2, 0) is 6.42 Å². The van der Waals surface area contributed by atoms with Crippen LogP contribution in [0, 0.1) is 0 Å². The van der Waals surface area contributed by atoms with Gasteiger partial charge in [-0.15, -0.1) is 0 Å². The molecule has 0 saturated carbocycles. The summed E-state index contributed by atoms with van der Waals surface area (Å²) in [6.45, 7) is 0.984. The Morgan fingerprint density at radius 2 is 2.25 bits per heavy atom. The lowest BCUT2D eigenvalue weighted by molar-refractivity contribution is 0.882. The molecule has 3 aromatic rings. The molecule has 0 aliphatic carbocycles. The molecule has 0 fully saturated rings. The Bertz CT molecular complexity index is 762. The van der Waals surface area contributed by atoms with E-state index in [1.807, 2.05) is 16.8 Å². The molecule has 1 N–H and O–H groups in total. The fourth-order valence-electron chi connectivity index (χ4n) is 2.60. The largest absolute Gasteiger partial charge is 0.369 e. The van der Waals surface area contributed by atoms with Gasteiger partial charge < -0.3 is 5.32 Å². The van der Waals surface area contributed by atoms with Crippen molar-refractivity contribution in [3.05, 3.63) is 51.1 Å². The number of rotatable bonds is 2. The number of halogens is 1. The van der Waals surface area contributed by atoms with Crippen LogP contribution in [0.4, 0.5) is 5.82 Å². The molecule has 0 amide bonds. The second kappa shape index (κ2) is 4.75. The second-order valence-electron chi connectivity index (χ2n) is 4.76. The molecular weight excluding hydrogens is 334 g/mol. The third kappa shape index (κ3) is 1.89. The lowest BCUT2D eigenvalue weighted by atomic mass is 10.1. The van der Waals surface area contributed by atoms with E-state index in [1.54, 1.807) is 11.3 Å². The topological polar surface area (TPSA) is 29.9 Å². The highest BCUT2D eigenvalue weighted by Crippen LogP contribution is 2.35. The Balaban J connectivity index is 1.92. The van der Waals surface area contributed by atoms with Crippen molar-refractivity contribution in [1.29, 1.82) is 0 Å². The maximum absolute atomic E-state index is 4.83. The maximum atomic E-state index is 4.83. The molecule has 20 heavy (non-hydrogen) atoms. The third-order valence-electron chi connectivity index (χ3n) is 3.50. The van der Waals surface area contributed by atoms with Gasteiger partial charge in [0.1, 0.15) is 5.82 Å². The standard InChI is InChI=1S/C15H12BrN3S/c16-11-2-1-3-12(8-11)19-15-13(4-6-17-15)14(18-19)10-5-7-20-9-10/h1-3,5,7-9,17H,4,6H2. The SMILES string of the molecule is Brc1cccc(-n2nc(-c3ccsc3)c3c2NCC3)c1. The highest BCUT2D eigenvalue weighted by Gasteiger charge is 2.23. The molecule has 1 aliphatic rings. The van der Waals surface area contributed by atoms with Crippen LogP contribution < -0.4 is 5.32 Å². The van der Waals surface area contributed by atoms with E-state index in [-0.39, 0.29) is 0 Å². The lowest BCUT2D eigenvalue weighted by Gasteiger charge is -2.06. The molecule has 1 aliphatic heterocycles. The first-order chi connectivity index (χ1) is 9.83. The van der Waals surface area contributed by atoms with Gasteiger partial charge in [0.25, 0.3) is 0 Å². The van der Waals surface area contributed by atoms with Crippen molar-refractivity contribution in [3.63, 3.8) is 0 Å². The van der Waals surface area contributed by atoms with Gasteiger partial charge in [-0.25, -0.2) is 4.68 Å². The van der Waals surface area contributed by atoms with Gasteiger partial charge >= 0.3 is 0 Å². The van der Waals surface area contributed by atoms with Crippen LogP contribution in [0.15, 0.2) is 45.6 Å². The predicted octanol–water partition coefficient (Wildman–Crippen LogP) is 4.33. The van der Waals surface area contributed by atoms with E-state index >= 15 is 0 Å². The monoisotopic (exact) mass is 345 g/mol. The van der Waals surface area contributed by atoms with Crippen molar-refractivity contribution in [2.24, 2.45) is 0 Å². The van der Waals surface area contributed by atoms with Crippen molar-refractivity contribution in [3.8, 4) is 16.9 Å². The number of aromatic nitrogens is 2. The van der Waals surface area contributed by atoms with Crippen LogP contribution in [0.25, 0.3) is 16.9 Å². The van der Waals surface area contributed by atoms with Crippen LogP contribution in [0.3, 0.4) is 0 Å². The Morgan fingerprint density at radius 3 is 3.05 bits per heavy atom. The van der Waals surface area contributed by atoms with Gasteiger partial charge in [-0.1, -0.05) is 22.0 Å². The summed E-state index contributed by atoms with van der Waals surface area (Å²) in [4.78, 5) is 0. The molecular formula is C15H12BrN3S. The van der Waals surface area contributed by atoms with E-state index < -0.39 is 0 Å². The molecule has 4 rings (SSSR count). The molecule has 3 heterocycles. The maximum Gasteiger partial charge on any atom is 0.133 e. The average Bonchev–Trinajstić information content (AvgIpc) is 3.15. The minimum atomic E-state index is 0.984. The summed E-state index contributed by atoms with van der Waals surface area (Å²) in [6, 6.07) is 10.4. The zero-order valence-corrected chi connectivity index (χ0v) is 13.0. The van der Waals surface area contributed by atoms with Gasteiger partial charge in [0.15, 0.2) is 0 Å². The van der Waals surface area contributed by atoms with Crippen molar-refractivity contribution >= 4 is 33.1 Å². The average molecular weight is 346 g/mol. The number of nitrogens with one attached hydrogen (secondary N) is 1. The van der Waals surface area contributed by atoms with Gasteiger partial charge in [-0.3, -0.25) is 0 Å². The molecule has 0 atom stereocenters. The number of fused-ring (bicyclic) bond motifs is 1. The smallest absolute Gasteiger partial charge is 0.133 e. The molecule has 0 unspecified atom stereocenters. The Kier molecular flexibility index (Phi) is 2.89. The fraction of sp³-hybridized carbons (Fsp3) is 0.133. The normalized spacial score (nSPS) is 13.2. The van der Waals surface area contributed by atoms with Crippen LogP contribution >= 0.6 is 27.3 Å². The third-order valence-corrected chi connectivity index (χ3v) is 4.67. The number of nitrogens with zero attached hydrogens (tertiary/aromatic N) is 2. The van der Waals surface area contributed by atoms with E-state index in [0.717, 1.165) is 34.6 Å². The van der Waals surface area contributed by atoms with Crippen molar-refractivity contribution < 1.29 is 0 Å². The molecule has 0 spiro atoms. The molecule has 0 radical (unpaired) electrons. The van der Waals surface area contributed by atoms with E-state index in [9.17, 15) is 0 Å². The summed E-state index contributed by atoms with van der Waals surface area (Å²) in [6.07, 6.45) is 1.04. The number of hydrogen-bond donors (Lipinski definition) is 1. The Labute approximate surface area is 129 Å². The molecule has 5 heteroatoms. The molecule has 100 valence electrons. The van der Waals surface area contributed by atoms with Gasteiger partial charge in [-0.2, -0.15) is 16.4 Å². The highest BCUT2D eigenvalue weighted by atomic mass is 79.9. The summed E-state index contributed by atoms with van der Waals surface area (Å²) >= 11 is 5.24. The molecule has 2 aromatic heterocycles. The van der Waals surface area contributed by atoms with Gasteiger partial charge in [0.2, 0.25) is 0 Å². The van der Waals surface area contributed by atoms with Crippen molar-refractivity contribution in [2.75, 3.05) is 11.9 Å². The van der Waals surface area contributed by atoms with Gasteiger partial charge in [0.05, 0.1) is 11.4 Å².